The van der Waals surface area contributed by atoms with Crippen molar-refractivity contribution < 1.29 is 4.79 Å². The van der Waals surface area contributed by atoms with Crippen LogP contribution in [0.4, 0.5) is 0 Å². The third-order valence-electron chi connectivity index (χ3n) is 4.54. The lowest BCUT2D eigenvalue weighted by Gasteiger charge is -2.28. The third-order valence-corrected chi connectivity index (χ3v) is 6.96. The molecule has 3 rings (SSSR count). The van der Waals surface area contributed by atoms with Gasteiger partial charge in [-0.05, 0) is 38.2 Å². The number of nitrogens with zero attached hydrogens (tertiary/aromatic N) is 1. The average Bonchev–Trinajstić information content (AvgIpc) is 3.02. The van der Waals surface area contributed by atoms with Crippen molar-refractivity contribution in [1.29, 1.82) is 0 Å². The summed E-state index contributed by atoms with van der Waals surface area (Å²) in [5.74, 6) is 0.0583. The quantitative estimate of drug-likeness (QED) is 0.799. The van der Waals surface area contributed by atoms with E-state index in [1.54, 1.807) is 11.3 Å². The van der Waals surface area contributed by atoms with Gasteiger partial charge in [0.05, 0.1) is 0 Å². The molecule has 0 saturated heterocycles. The molecule has 1 amide bonds. The summed E-state index contributed by atoms with van der Waals surface area (Å²) in [7, 11) is 0. The number of carbonyl (C=O) groups excluding carboxylic acids is 1. The Morgan fingerprint density at radius 1 is 1.32 bits per heavy atom. The van der Waals surface area contributed by atoms with Crippen LogP contribution >= 0.6 is 23.1 Å². The molecule has 2 aromatic rings. The van der Waals surface area contributed by atoms with Gasteiger partial charge in [-0.3, -0.25) is 4.79 Å². The second kappa shape index (κ2) is 8.83. The maximum absolute atomic E-state index is 12.3. The molecular weight excluding hydrogens is 350 g/mol. The van der Waals surface area contributed by atoms with E-state index in [9.17, 15) is 4.79 Å². The van der Waals surface area contributed by atoms with Crippen LogP contribution < -0.4 is 11.1 Å². The molecule has 134 valence electrons. The maximum Gasteiger partial charge on any atom is 0.222 e. The minimum atomic E-state index is -0.235. The molecule has 1 heterocycles. The molecule has 1 atom stereocenters. The van der Waals surface area contributed by atoms with Gasteiger partial charge in [-0.25, -0.2) is 4.98 Å². The summed E-state index contributed by atoms with van der Waals surface area (Å²) >= 11 is 3.62. The topological polar surface area (TPSA) is 68.0 Å². The Morgan fingerprint density at radius 3 is 2.68 bits per heavy atom. The molecule has 1 saturated carbocycles. The highest BCUT2D eigenvalue weighted by molar-refractivity contribution is 8.01. The van der Waals surface area contributed by atoms with Gasteiger partial charge < -0.3 is 11.1 Å². The highest BCUT2D eigenvalue weighted by Crippen LogP contribution is 2.35. The number of benzene rings is 1. The van der Waals surface area contributed by atoms with Crippen molar-refractivity contribution in [2.24, 2.45) is 5.73 Å². The van der Waals surface area contributed by atoms with Crippen LogP contribution in [-0.4, -0.2) is 22.2 Å². The van der Waals surface area contributed by atoms with Gasteiger partial charge in [-0.15, -0.1) is 11.3 Å². The van der Waals surface area contributed by atoms with Crippen LogP contribution in [0.25, 0.3) is 0 Å². The Bertz CT molecular complexity index is 681. The van der Waals surface area contributed by atoms with E-state index in [0.29, 0.717) is 11.7 Å². The van der Waals surface area contributed by atoms with Gasteiger partial charge in [0.25, 0.3) is 0 Å². The van der Waals surface area contributed by atoms with E-state index in [2.05, 4.69) is 15.7 Å². The van der Waals surface area contributed by atoms with Crippen LogP contribution in [0.1, 0.15) is 49.4 Å². The zero-order valence-electron chi connectivity index (χ0n) is 14.5. The van der Waals surface area contributed by atoms with E-state index in [1.165, 1.54) is 4.34 Å². The number of rotatable bonds is 6. The van der Waals surface area contributed by atoms with Crippen molar-refractivity contribution in [3.05, 3.63) is 47.0 Å². The summed E-state index contributed by atoms with van der Waals surface area (Å²) in [6.45, 7) is 2.03. The van der Waals surface area contributed by atoms with Gasteiger partial charge in [0, 0.05) is 34.8 Å². The Labute approximate surface area is 157 Å². The molecule has 25 heavy (non-hydrogen) atoms. The molecule has 3 N–H and O–H groups in total. The van der Waals surface area contributed by atoms with Gasteiger partial charge in [0.2, 0.25) is 5.91 Å². The number of amides is 1. The second-order valence-corrected chi connectivity index (χ2v) is 9.04. The van der Waals surface area contributed by atoms with Crippen LogP contribution in [0.15, 0.2) is 40.1 Å². The van der Waals surface area contributed by atoms with Crippen molar-refractivity contribution >= 4 is 29.0 Å². The smallest absolute Gasteiger partial charge is 0.222 e. The fourth-order valence-electron chi connectivity index (χ4n) is 3.16. The van der Waals surface area contributed by atoms with Crippen molar-refractivity contribution in [2.75, 3.05) is 0 Å². The number of aryl methyl sites for hydroxylation is 1. The molecule has 1 aliphatic rings. The number of nitrogens with one attached hydrogen (secondary N) is 1. The van der Waals surface area contributed by atoms with E-state index < -0.39 is 0 Å². The van der Waals surface area contributed by atoms with Crippen LogP contribution in [0.5, 0.6) is 0 Å². The standard InChI is InChI=1S/C19H25N3OS2/c1-13-12-24-19(21-13)25-16-9-7-15(8-10-16)22-18(23)11-17(20)14-5-3-2-4-6-14/h2-6,12,15-17H,7-11,20H2,1H3,(H,22,23). The molecule has 0 spiro atoms. The lowest BCUT2D eigenvalue weighted by molar-refractivity contribution is -0.122. The molecule has 0 bridgehead atoms. The van der Waals surface area contributed by atoms with Crippen molar-refractivity contribution in [3.8, 4) is 0 Å². The van der Waals surface area contributed by atoms with Gasteiger partial charge in [0.1, 0.15) is 4.34 Å². The van der Waals surface area contributed by atoms with Crippen molar-refractivity contribution in [3.63, 3.8) is 0 Å². The highest BCUT2D eigenvalue weighted by atomic mass is 32.2. The molecule has 4 nitrogen and oxygen atoms in total. The summed E-state index contributed by atoms with van der Waals surface area (Å²) in [5, 5.41) is 5.88. The molecule has 1 aromatic carbocycles. The van der Waals surface area contributed by atoms with E-state index in [0.717, 1.165) is 36.9 Å². The predicted octanol–water partition coefficient (Wildman–Crippen LogP) is 4.06. The fraction of sp³-hybridized carbons (Fsp3) is 0.474. The molecule has 0 aliphatic heterocycles. The predicted molar refractivity (Wildman–Crippen MR) is 105 cm³/mol. The molecule has 0 radical (unpaired) electrons. The van der Waals surface area contributed by atoms with E-state index in [1.807, 2.05) is 49.0 Å². The summed E-state index contributed by atoms with van der Waals surface area (Å²) < 4.78 is 1.17. The van der Waals surface area contributed by atoms with Gasteiger partial charge in [-0.1, -0.05) is 42.1 Å². The summed E-state index contributed by atoms with van der Waals surface area (Å²) in [6.07, 6.45) is 4.66. The second-order valence-electron chi connectivity index (χ2n) is 6.64. The average molecular weight is 376 g/mol. The van der Waals surface area contributed by atoms with Crippen molar-refractivity contribution in [1.82, 2.24) is 10.3 Å². The first-order chi connectivity index (χ1) is 12.1. The minimum Gasteiger partial charge on any atom is -0.353 e. The number of carbonyl (C=O) groups is 1. The lowest BCUT2D eigenvalue weighted by Crippen LogP contribution is -2.39. The van der Waals surface area contributed by atoms with Crippen molar-refractivity contribution in [2.45, 2.75) is 60.7 Å². The fourth-order valence-corrected chi connectivity index (χ4v) is 5.44. The molecule has 1 aliphatic carbocycles. The molecular formula is C19H25N3OS2. The molecule has 1 aromatic heterocycles. The maximum atomic E-state index is 12.3. The first-order valence-electron chi connectivity index (χ1n) is 8.79. The van der Waals surface area contributed by atoms with E-state index in [-0.39, 0.29) is 18.0 Å². The van der Waals surface area contributed by atoms with Crippen LogP contribution in [0.3, 0.4) is 0 Å². The number of thiazole rings is 1. The molecule has 1 unspecified atom stereocenters. The number of hydrogen-bond acceptors (Lipinski definition) is 5. The number of thioether (sulfide) groups is 1. The normalized spacial score (nSPS) is 21.7. The van der Waals surface area contributed by atoms with Crippen LogP contribution in [-0.2, 0) is 4.79 Å². The number of aromatic nitrogens is 1. The van der Waals surface area contributed by atoms with Crippen LogP contribution in [0.2, 0.25) is 0 Å². The molecule has 1 fully saturated rings. The van der Waals surface area contributed by atoms with Gasteiger partial charge in [-0.2, -0.15) is 0 Å². The Morgan fingerprint density at radius 2 is 2.04 bits per heavy atom. The summed E-state index contributed by atoms with van der Waals surface area (Å²) in [5.41, 5.74) is 8.25. The lowest BCUT2D eigenvalue weighted by atomic mass is 9.94. The first kappa shape index (κ1) is 18.4. The highest BCUT2D eigenvalue weighted by Gasteiger charge is 2.24. The molecule has 6 heteroatoms. The first-order valence-corrected chi connectivity index (χ1v) is 10.5. The number of nitrogens with two attached hydrogens (primary N) is 1. The zero-order valence-corrected chi connectivity index (χ0v) is 16.1. The SMILES string of the molecule is Cc1csc(SC2CCC(NC(=O)CC(N)c3ccccc3)CC2)n1. The summed E-state index contributed by atoms with van der Waals surface area (Å²) in [4.78, 5) is 16.8. The van der Waals surface area contributed by atoms with E-state index in [4.69, 9.17) is 5.73 Å². The Hall–Kier alpha value is -1.37. The Balaban J connectivity index is 1.40. The van der Waals surface area contributed by atoms with Crippen LogP contribution in [0, 0.1) is 6.92 Å². The minimum absolute atomic E-state index is 0.0583. The number of hydrogen-bond donors (Lipinski definition) is 2. The largest absolute Gasteiger partial charge is 0.353 e. The van der Waals surface area contributed by atoms with E-state index >= 15 is 0 Å². The zero-order chi connectivity index (χ0) is 17.6. The third kappa shape index (κ3) is 5.56. The monoisotopic (exact) mass is 375 g/mol. The van der Waals surface area contributed by atoms with Gasteiger partial charge in [0.15, 0.2) is 0 Å². The van der Waals surface area contributed by atoms with Gasteiger partial charge >= 0.3 is 0 Å². The Kier molecular flexibility index (Phi) is 6.51. The summed E-state index contributed by atoms with van der Waals surface area (Å²) in [6, 6.07) is 9.86.